The third kappa shape index (κ3) is 2.84. The molecule has 2 aromatic rings. The van der Waals surface area contributed by atoms with Crippen molar-refractivity contribution in [2.75, 3.05) is 23.4 Å². The van der Waals surface area contributed by atoms with Crippen LogP contribution in [-0.4, -0.2) is 34.9 Å². The molecule has 112 valence electrons. The van der Waals surface area contributed by atoms with Crippen LogP contribution in [0.25, 0.3) is 0 Å². The van der Waals surface area contributed by atoms with Gasteiger partial charge in [-0.2, -0.15) is 0 Å². The van der Waals surface area contributed by atoms with Crippen LogP contribution in [0.5, 0.6) is 5.75 Å². The van der Waals surface area contributed by atoms with Gasteiger partial charge in [-0.05, 0) is 24.3 Å². The standard InChI is InChI=1S/C14H11ClN4O3/c15-13-9(3-1-5-16-13)18-11(20)7-19-12(21)8-22-10-4-2-6-17-14(10)19/h1-6H,7-8H2,(H,18,20). The largest absolute Gasteiger partial charge is 0.480 e. The fourth-order valence-corrected chi connectivity index (χ4v) is 2.18. The number of anilines is 2. The Bertz CT molecular complexity index is 738. The summed E-state index contributed by atoms with van der Waals surface area (Å²) in [5.74, 6) is 0.0564. The maximum Gasteiger partial charge on any atom is 0.266 e. The van der Waals surface area contributed by atoms with E-state index in [2.05, 4.69) is 15.3 Å². The number of fused-ring (bicyclic) bond motifs is 1. The number of pyridine rings is 2. The summed E-state index contributed by atoms with van der Waals surface area (Å²) in [7, 11) is 0. The Kier molecular flexibility index (Phi) is 3.88. The predicted molar refractivity (Wildman–Crippen MR) is 80.0 cm³/mol. The van der Waals surface area contributed by atoms with Crippen molar-refractivity contribution >= 4 is 34.9 Å². The highest BCUT2D eigenvalue weighted by atomic mass is 35.5. The summed E-state index contributed by atoms with van der Waals surface area (Å²) >= 11 is 5.88. The molecule has 2 amide bonds. The van der Waals surface area contributed by atoms with Gasteiger partial charge in [0.1, 0.15) is 6.54 Å². The van der Waals surface area contributed by atoms with E-state index in [1.807, 2.05) is 0 Å². The predicted octanol–water partition coefficient (Wildman–Crippen LogP) is 1.49. The molecule has 0 atom stereocenters. The molecule has 8 heteroatoms. The highest BCUT2D eigenvalue weighted by Gasteiger charge is 2.28. The number of aromatic nitrogens is 2. The first-order chi connectivity index (χ1) is 10.6. The molecule has 1 aliphatic rings. The van der Waals surface area contributed by atoms with Crippen LogP contribution in [0.15, 0.2) is 36.7 Å². The molecule has 0 aromatic carbocycles. The minimum absolute atomic E-state index is 0.125. The van der Waals surface area contributed by atoms with Crippen LogP contribution < -0.4 is 15.0 Å². The molecule has 1 N–H and O–H groups in total. The number of amides is 2. The molecule has 0 fully saturated rings. The quantitative estimate of drug-likeness (QED) is 0.867. The number of carbonyl (C=O) groups excluding carboxylic acids is 2. The van der Waals surface area contributed by atoms with Crippen molar-refractivity contribution in [3.8, 4) is 5.75 Å². The smallest absolute Gasteiger partial charge is 0.266 e. The van der Waals surface area contributed by atoms with E-state index >= 15 is 0 Å². The fraction of sp³-hybridized carbons (Fsp3) is 0.143. The lowest BCUT2D eigenvalue weighted by molar-refractivity contribution is -0.123. The summed E-state index contributed by atoms with van der Waals surface area (Å²) in [4.78, 5) is 33.3. The summed E-state index contributed by atoms with van der Waals surface area (Å²) in [6, 6.07) is 6.67. The van der Waals surface area contributed by atoms with Gasteiger partial charge in [-0.3, -0.25) is 14.5 Å². The van der Waals surface area contributed by atoms with Gasteiger partial charge in [-0.25, -0.2) is 9.97 Å². The van der Waals surface area contributed by atoms with Crippen molar-refractivity contribution in [1.29, 1.82) is 0 Å². The average Bonchev–Trinajstić information content (AvgIpc) is 2.52. The van der Waals surface area contributed by atoms with E-state index in [4.69, 9.17) is 16.3 Å². The van der Waals surface area contributed by atoms with E-state index in [0.717, 1.165) is 0 Å². The SMILES string of the molecule is O=C(CN1C(=O)COc2cccnc21)Nc1cccnc1Cl. The zero-order valence-corrected chi connectivity index (χ0v) is 12.1. The van der Waals surface area contributed by atoms with E-state index in [1.165, 1.54) is 17.3 Å². The lowest BCUT2D eigenvalue weighted by Gasteiger charge is -2.27. The Morgan fingerprint density at radius 1 is 1.32 bits per heavy atom. The third-order valence-corrected chi connectivity index (χ3v) is 3.29. The summed E-state index contributed by atoms with van der Waals surface area (Å²) in [5, 5.41) is 2.80. The molecule has 0 bridgehead atoms. The minimum atomic E-state index is -0.401. The molecule has 0 radical (unpaired) electrons. The highest BCUT2D eigenvalue weighted by Crippen LogP contribution is 2.28. The monoisotopic (exact) mass is 318 g/mol. The molecule has 0 spiro atoms. The molecule has 1 aliphatic heterocycles. The van der Waals surface area contributed by atoms with Gasteiger partial charge in [0.05, 0.1) is 5.69 Å². The molecular weight excluding hydrogens is 308 g/mol. The first-order valence-corrected chi connectivity index (χ1v) is 6.81. The van der Waals surface area contributed by atoms with Crippen LogP contribution in [-0.2, 0) is 9.59 Å². The zero-order valence-electron chi connectivity index (χ0n) is 11.3. The Hall–Kier alpha value is -2.67. The topological polar surface area (TPSA) is 84.4 Å². The number of nitrogens with zero attached hydrogens (tertiary/aromatic N) is 3. The number of carbonyl (C=O) groups is 2. The van der Waals surface area contributed by atoms with Crippen LogP contribution in [0, 0.1) is 0 Å². The van der Waals surface area contributed by atoms with Gasteiger partial charge in [0, 0.05) is 12.4 Å². The zero-order chi connectivity index (χ0) is 15.5. The van der Waals surface area contributed by atoms with E-state index < -0.39 is 5.91 Å². The second-order valence-corrected chi connectivity index (χ2v) is 4.84. The van der Waals surface area contributed by atoms with Gasteiger partial charge in [0.25, 0.3) is 5.91 Å². The number of hydrogen-bond donors (Lipinski definition) is 1. The van der Waals surface area contributed by atoms with Crippen molar-refractivity contribution in [2.24, 2.45) is 0 Å². The van der Waals surface area contributed by atoms with Crippen molar-refractivity contribution in [1.82, 2.24) is 9.97 Å². The Morgan fingerprint density at radius 2 is 2.09 bits per heavy atom. The van der Waals surface area contributed by atoms with E-state index in [1.54, 1.807) is 24.3 Å². The lowest BCUT2D eigenvalue weighted by atomic mass is 10.3. The number of ether oxygens (including phenoxy) is 1. The van der Waals surface area contributed by atoms with E-state index in [0.29, 0.717) is 17.3 Å². The van der Waals surface area contributed by atoms with Crippen molar-refractivity contribution in [3.05, 3.63) is 41.8 Å². The number of nitrogens with one attached hydrogen (secondary N) is 1. The first kappa shape index (κ1) is 14.3. The molecule has 7 nitrogen and oxygen atoms in total. The second-order valence-electron chi connectivity index (χ2n) is 4.48. The van der Waals surface area contributed by atoms with Crippen molar-refractivity contribution < 1.29 is 14.3 Å². The molecule has 0 unspecified atom stereocenters. The van der Waals surface area contributed by atoms with Gasteiger partial charge in [0.15, 0.2) is 23.3 Å². The van der Waals surface area contributed by atoms with Crippen LogP contribution in [0.1, 0.15) is 0 Å². The molecule has 0 saturated carbocycles. The maximum absolute atomic E-state index is 12.1. The summed E-state index contributed by atoms with van der Waals surface area (Å²) < 4.78 is 5.27. The highest BCUT2D eigenvalue weighted by molar-refractivity contribution is 6.32. The van der Waals surface area contributed by atoms with Gasteiger partial charge in [-0.1, -0.05) is 11.6 Å². The fourth-order valence-electron chi connectivity index (χ4n) is 2.01. The molecule has 3 rings (SSSR count). The number of hydrogen-bond acceptors (Lipinski definition) is 5. The van der Waals surface area contributed by atoms with Gasteiger partial charge in [-0.15, -0.1) is 0 Å². The van der Waals surface area contributed by atoms with E-state index in [-0.39, 0.29) is 24.2 Å². The Morgan fingerprint density at radius 3 is 2.91 bits per heavy atom. The molecule has 3 heterocycles. The summed E-state index contributed by atoms with van der Waals surface area (Å²) in [6.07, 6.45) is 3.05. The Balaban J connectivity index is 1.77. The van der Waals surface area contributed by atoms with Crippen LogP contribution in [0.3, 0.4) is 0 Å². The molecular formula is C14H11ClN4O3. The van der Waals surface area contributed by atoms with Crippen molar-refractivity contribution in [3.63, 3.8) is 0 Å². The minimum Gasteiger partial charge on any atom is -0.480 e. The molecule has 2 aromatic heterocycles. The average molecular weight is 319 g/mol. The van der Waals surface area contributed by atoms with Crippen LogP contribution >= 0.6 is 11.6 Å². The summed E-state index contributed by atoms with van der Waals surface area (Å²) in [5.41, 5.74) is 0.385. The van der Waals surface area contributed by atoms with Gasteiger partial charge in [0.2, 0.25) is 5.91 Å². The van der Waals surface area contributed by atoms with Gasteiger partial charge >= 0.3 is 0 Å². The Labute approximate surface area is 130 Å². The molecule has 22 heavy (non-hydrogen) atoms. The van der Waals surface area contributed by atoms with Gasteiger partial charge < -0.3 is 10.1 Å². The van der Waals surface area contributed by atoms with Crippen LogP contribution in [0.2, 0.25) is 5.15 Å². The molecule has 0 aliphatic carbocycles. The first-order valence-electron chi connectivity index (χ1n) is 6.43. The van der Waals surface area contributed by atoms with Crippen molar-refractivity contribution in [2.45, 2.75) is 0 Å². The van der Waals surface area contributed by atoms with Crippen LogP contribution in [0.4, 0.5) is 11.5 Å². The molecule has 0 saturated heterocycles. The second kappa shape index (κ2) is 5.98. The lowest BCUT2D eigenvalue weighted by Crippen LogP contribution is -2.44. The maximum atomic E-state index is 12.1. The number of halogens is 1. The van der Waals surface area contributed by atoms with E-state index in [9.17, 15) is 9.59 Å². The normalized spacial score (nSPS) is 13.3. The summed E-state index contributed by atoms with van der Waals surface area (Å²) in [6.45, 7) is -0.308. The number of rotatable bonds is 3. The third-order valence-electron chi connectivity index (χ3n) is 2.99.